The largest absolute Gasteiger partial charge is 0.486 e. The fourth-order valence-electron chi connectivity index (χ4n) is 4.78. The number of rotatable bonds is 6. The van der Waals surface area contributed by atoms with Crippen molar-refractivity contribution in [1.29, 1.82) is 0 Å². The number of aromatic nitrogens is 2. The number of hydrogen-bond donors (Lipinski definition) is 2. The number of fused-ring (bicyclic) bond motifs is 1. The normalized spacial score (nSPS) is 17.5. The SMILES string of the molecule is Fc1cc(Nc2ncc(F)c(-c3cc(F)c4c(c3)N(CC3CC3)CCO4)n2)ccc1N1CCNCC1. The Labute approximate surface area is 207 Å². The Morgan fingerprint density at radius 1 is 0.972 bits per heavy atom. The quantitative estimate of drug-likeness (QED) is 0.527. The topological polar surface area (TPSA) is 65.5 Å². The van der Waals surface area contributed by atoms with E-state index in [-0.39, 0.29) is 23.2 Å². The summed E-state index contributed by atoms with van der Waals surface area (Å²) in [5.74, 6) is -0.709. The van der Waals surface area contributed by atoms with E-state index in [0.29, 0.717) is 41.7 Å². The number of ether oxygens (including phenoxy) is 1. The number of halogens is 3. The Morgan fingerprint density at radius 2 is 1.81 bits per heavy atom. The van der Waals surface area contributed by atoms with Crippen LogP contribution >= 0.6 is 0 Å². The van der Waals surface area contributed by atoms with Crippen LogP contribution in [0.5, 0.6) is 5.75 Å². The first-order valence-corrected chi connectivity index (χ1v) is 12.3. The second-order valence-electron chi connectivity index (χ2n) is 9.46. The Bertz CT molecular complexity index is 1280. The summed E-state index contributed by atoms with van der Waals surface area (Å²) in [5.41, 5.74) is 1.83. The molecule has 3 aromatic rings. The molecule has 1 aliphatic carbocycles. The molecule has 0 amide bonds. The summed E-state index contributed by atoms with van der Waals surface area (Å²) in [7, 11) is 0. The van der Waals surface area contributed by atoms with Crippen LogP contribution in [0.1, 0.15) is 12.8 Å². The van der Waals surface area contributed by atoms with Crippen molar-refractivity contribution in [2.75, 3.05) is 61.0 Å². The van der Waals surface area contributed by atoms with Gasteiger partial charge in [-0.1, -0.05) is 0 Å². The number of piperazine rings is 1. The highest BCUT2D eigenvalue weighted by molar-refractivity contribution is 5.73. The van der Waals surface area contributed by atoms with Crippen LogP contribution in [0.15, 0.2) is 36.5 Å². The van der Waals surface area contributed by atoms with Gasteiger partial charge in [0, 0.05) is 44.0 Å². The van der Waals surface area contributed by atoms with Crippen LogP contribution in [0, 0.1) is 23.4 Å². The molecule has 188 valence electrons. The molecule has 36 heavy (non-hydrogen) atoms. The van der Waals surface area contributed by atoms with Gasteiger partial charge in [-0.3, -0.25) is 0 Å². The Kier molecular flexibility index (Phi) is 6.04. The fourth-order valence-corrected chi connectivity index (χ4v) is 4.78. The molecule has 0 unspecified atom stereocenters. The Morgan fingerprint density at radius 3 is 2.58 bits per heavy atom. The van der Waals surface area contributed by atoms with Crippen LogP contribution in [0.3, 0.4) is 0 Å². The standard InChI is InChI=1S/C26H27F3N6O/c27-19-13-18(3-4-22(19)34-7-5-30-6-8-34)32-26-31-14-21(29)24(33-26)17-11-20(28)25-23(12-17)35(9-10-36-25)15-16-1-2-16/h3-4,11-14,16,30H,1-2,5-10,15H2,(H,31,32,33). The monoisotopic (exact) mass is 496 g/mol. The molecule has 0 bridgehead atoms. The van der Waals surface area contributed by atoms with Gasteiger partial charge >= 0.3 is 0 Å². The van der Waals surface area contributed by atoms with E-state index in [0.717, 1.165) is 38.9 Å². The summed E-state index contributed by atoms with van der Waals surface area (Å²) >= 11 is 0. The molecular weight excluding hydrogens is 469 g/mol. The van der Waals surface area contributed by atoms with Crippen LogP contribution in [0.4, 0.5) is 36.2 Å². The Balaban J connectivity index is 1.27. The minimum absolute atomic E-state index is 0.0379. The van der Waals surface area contributed by atoms with Crippen LogP contribution in [0.25, 0.3) is 11.3 Å². The van der Waals surface area contributed by atoms with E-state index in [1.807, 2.05) is 4.90 Å². The number of nitrogens with zero attached hydrogens (tertiary/aromatic N) is 4. The zero-order valence-corrected chi connectivity index (χ0v) is 19.7. The van der Waals surface area contributed by atoms with Crippen molar-refractivity contribution in [2.45, 2.75) is 12.8 Å². The maximum Gasteiger partial charge on any atom is 0.227 e. The molecule has 2 aliphatic heterocycles. The van der Waals surface area contributed by atoms with Gasteiger partial charge in [-0.05, 0) is 49.1 Å². The van der Waals surface area contributed by atoms with Gasteiger partial charge in [0.15, 0.2) is 17.4 Å². The molecule has 1 aromatic heterocycles. The minimum Gasteiger partial charge on any atom is -0.486 e. The van der Waals surface area contributed by atoms with Gasteiger partial charge in [0.1, 0.15) is 18.1 Å². The molecule has 1 saturated heterocycles. The van der Waals surface area contributed by atoms with Crippen molar-refractivity contribution in [3.8, 4) is 17.0 Å². The molecule has 1 saturated carbocycles. The second-order valence-corrected chi connectivity index (χ2v) is 9.46. The summed E-state index contributed by atoms with van der Waals surface area (Å²) in [5, 5.41) is 6.19. The predicted molar refractivity (Wildman–Crippen MR) is 133 cm³/mol. The molecule has 2 aromatic carbocycles. The van der Waals surface area contributed by atoms with Crippen LogP contribution < -0.4 is 25.2 Å². The van der Waals surface area contributed by atoms with E-state index in [9.17, 15) is 13.2 Å². The molecular formula is C26H27F3N6O. The van der Waals surface area contributed by atoms with Gasteiger partial charge in [-0.25, -0.2) is 23.1 Å². The second kappa shape index (κ2) is 9.50. The highest BCUT2D eigenvalue weighted by atomic mass is 19.1. The molecule has 10 heteroatoms. The lowest BCUT2D eigenvalue weighted by Crippen LogP contribution is -2.43. The smallest absolute Gasteiger partial charge is 0.227 e. The van der Waals surface area contributed by atoms with Crippen molar-refractivity contribution in [3.63, 3.8) is 0 Å². The first kappa shape index (κ1) is 22.9. The van der Waals surface area contributed by atoms with E-state index in [2.05, 4.69) is 25.5 Å². The lowest BCUT2D eigenvalue weighted by molar-refractivity contribution is 0.291. The maximum absolute atomic E-state index is 15.0. The first-order valence-electron chi connectivity index (χ1n) is 12.3. The molecule has 7 nitrogen and oxygen atoms in total. The summed E-state index contributed by atoms with van der Waals surface area (Å²) < 4.78 is 50.2. The maximum atomic E-state index is 15.0. The average Bonchev–Trinajstić information content (AvgIpc) is 3.70. The summed E-state index contributed by atoms with van der Waals surface area (Å²) in [6.07, 6.45) is 3.37. The van der Waals surface area contributed by atoms with Gasteiger partial charge in [-0.2, -0.15) is 0 Å². The van der Waals surface area contributed by atoms with E-state index in [4.69, 9.17) is 4.74 Å². The molecule has 6 rings (SSSR count). The number of benzene rings is 2. The van der Waals surface area contributed by atoms with Crippen molar-refractivity contribution >= 4 is 23.0 Å². The molecule has 0 radical (unpaired) electrons. The van der Waals surface area contributed by atoms with E-state index < -0.39 is 11.6 Å². The van der Waals surface area contributed by atoms with Gasteiger partial charge in [0.25, 0.3) is 0 Å². The number of anilines is 4. The fraction of sp³-hybridized carbons (Fsp3) is 0.385. The third-order valence-electron chi connectivity index (χ3n) is 6.83. The van der Waals surface area contributed by atoms with Crippen molar-refractivity contribution in [2.24, 2.45) is 5.92 Å². The summed E-state index contributed by atoms with van der Waals surface area (Å²) in [4.78, 5) is 12.4. The lowest BCUT2D eigenvalue weighted by Gasteiger charge is -2.32. The van der Waals surface area contributed by atoms with Crippen molar-refractivity contribution in [3.05, 3.63) is 54.0 Å². The third-order valence-corrected chi connectivity index (χ3v) is 6.83. The molecule has 0 atom stereocenters. The Hall–Kier alpha value is -3.53. The number of nitrogens with one attached hydrogen (secondary N) is 2. The first-order chi connectivity index (χ1) is 17.5. The van der Waals surface area contributed by atoms with Crippen molar-refractivity contribution in [1.82, 2.24) is 15.3 Å². The van der Waals surface area contributed by atoms with Crippen LogP contribution in [0.2, 0.25) is 0 Å². The minimum atomic E-state index is -0.675. The van der Waals surface area contributed by atoms with E-state index in [1.165, 1.54) is 25.0 Å². The van der Waals surface area contributed by atoms with Gasteiger partial charge in [0.2, 0.25) is 5.95 Å². The van der Waals surface area contributed by atoms with Gasteiger partial charge in [-0.15, -0.1) is 0 Å². The number of hydrogen-bond acceptors (Lipinski definition) is 7. The molecule has 2 N–H and O–H groups in total. The average molecular weight is 497 g/mol. The molecule has 2 fully saturated rings. The third kappa shape index (κ3) is 4.65. The highest BCUT2D eigenvalue weighted by Crippen LogP contribution is 2.41. The van der Waals surface area contributed by atoms with Crippen LogP contribution in [-0.4, -0.2) is 55.8 Å². The van der Waals surface area contributed by atoms with Gasteiger partial charge < -0.3 is 25.2 Å². The van der Waals surface area contributed by atoms with Crippen molar-refractivity contribution < 1.29 is 17.9 Å². The van der Waals surface area contributed by atoms with E-state index in [1.54, 1.807) is 18.2 Å². The van der Waals surface area contributed by atoms with Crippen LogP contribution in [-0.2, 0) is 0 Å². The lowest BCUT2D eigenvalue weighted by atomic mass is 10.1. The zero-order valence-electron chi connectivity index (χ0n) is 19.7. The molecule has 3 aliphatic rings. The molecule has 3 heterocycles. The molecule has 0 spiro atoms. The van der Waals surface area contributed by atoms with Gasteiger partial charge in [0.05, 0.1) is 24.1 Å². The summed E-state index contributed by atoms with van der Waals surface area (Å²) in [6.45, 7) is 4.96. The summed E-state index contributed by atoms with van der Waals surface area (Å²) in [6, 6.07) is 7.77. The predicted octanol–water partition coefficient (Wildman–Crippen LogP) is 4.32. The van der Waals surface area contributed by atoms with E-state index >= 15 is 0 Å². The highest BCUT2D eigenvalue weighted by Gasteiger charge is 2.29. The zero-order chi connectivity index (χ0) is 24.6.